The molecule has 0 bridgehead atoms. The molecule has 0 radical (unpaired) electrons. The minimum absolute atomic E-state index is 0.234. The summed E-state index contributed by atoms with van der Waals surface area (Å²) in [4.78, 5) is 12.1. The first-order valence-electron chi connectivity index (χ1n) is 8.66. The van der Waals surface area contributed by atoms with E-state index < -0.39 is 6.23 Å². The van der Waals surface area contributed by atoms with Crippen molar-refractivity contribution in [1.29, 1.82) is 0 Å². The molecule has 0 fully saturated rings. The van der Waals surface area contributed by atoms with Crippen molar-refractivity contribution in [2.24, 2.45) is 5.10 Å². The molecule has 0 unspecified atom stereocenters. The molecule has 2 heterocycles. The van der Waals surface area contributed by atoms with Crippen molar-refractivity contribution in [3.63, 3.8) is 0 Å². The van der Waals surface area contributed by atoms with Crippen LogP contribution in [0.15, 0.2) is 53.6 Å². The van der Waals surface area contributed by atoms with E-state index in [2.05, 4.69) is 15.3 Å². The van der Waals surface area contributed by atoms with Gasteiger partial charge in [-0.1, -0.05) is 41.4 Å². The number of aromatic nitrogens is 2. The minimum Gasteiger partial charge on any atom is -0.497 e. The first kappa shape index (κ1) is 19.3. The average molecular weight is 431 g/mol. The summed E-state index contributed by atoms with van der Waals surface area (Å²) in [6.07, 6.45) is -0.796. The number of carbonyl (C=O) groups excluding carboxylic acids is 1. The van der Waals surface area contributed by atoms with Crippen LogP contribution in [0.2, 0.25) is 10.0 Å². The Hall–Kier alpha value is -3.03. The highest BCUT2D eigenvalue weighted by molar-refractivity contribution is 6.35. The van der Waals surface area contributed by atoms with Gasteiger partial charge in [0.05, 0.1) is 17.8 Å². The number of hydrogen-bond donors (Lipinski definition) is 1. The number of amides is 1. The molecule has 0 aliphatic carbocycles. The second-order valence-corrected chi connectivity index (χ2v) is 7.15. The van der Waals surface area contributed by atoms with Crippen LogP contribution in [-0.4, -0.2) is 34.1 Å². The lowest BCUT2D eigenvalue weighted by Gasteiger charge is -2.20. The lowest BCUT2D eigenvalue weighted by atomic mass is 10.1. The van der Waals surface area contributed by atoms with Gasteiger partial charge >= 0.3 is 0 Å². The predicted molar refractivity (Wildman–Crippen MR) is 110 cm³/mol. The van der Waals surface area contributed by atoms with Crippen molar-refractivity contribution in [2.45, 2.75) is 13.2 Å². The summed E-state index contributed by atoms with van der Waals surface area (Å²) < 4.78 is 11.2. The fourth-order valence-corrected chi connectivity index (χ4v) is 3.44. The van der Waals surface area contributed by atoms with Gasteiger partial charge < -0.3 is 9.47 Å². The zero-order chi connectivity index (χ0) is 20.5. The van der Waals surface area contributed by atoms with Crippen LogP contribution in [0.3, 0.4) is 0 Å². The third-order valence-corrected chi connectivity index (χ3v) is 4.93. The van der Waals surface area contributed by atoms with E-state index in [1.165, 1.54) is 11.9 Å². The van der Waals surface area contributed by atoms with Crippen molar-refractivity contribution >= 4 is 35.0 Å². The Morgan fingerprint density at radius 3 is 2.76 bits per heavy atom. The molecular formula is C20H16Cl2N4O3. The molecule has 1 N–H and O–H groups in total. The Bertz CT molecular complexity index is 1110. The maximum Gasteiger partial charge on any atom is 0.259 e. The first-order valence-corrected chi connectivity index (χ1v) is 9.42. The molecule has 7 nitrogen and oxygen atoms in total. The Kier molecular flexibility index (Phi) is 5.17. The van der Waals surface area contributed by atoms with Gasteiger partial charge in [0.25, 0.3) is 5.90 Å². The molecule has 29 heavy (non-hydrogen) atoms. The number of ether oxygens (including phenoxy) is 2. The Labute approximate surface area is 176 Å². The van der Waals surface area contributed by atoms with E-state index >= 15 is 0 Å². The Balaban J connectivity index is 1.65. The van der Waals surface area contributed by atoms with E-state index in [-0.39, 0.29) is 11.8 Å². The van der Waals surface area contributed by atoms with Crippen LogP contribution >= 0.6 is 23.2 Å². The van der Waals surface area contributed by atoms with Crippen molar-refractivity contribution in [1.82, 2.24) is 15.2 Å². The number of H-pyrrole nitrogens is 1. The third kappa shape index (κ3) is 3.79. The number of halogens is 2. The van der Waals surface area contributed by atoms with Gasteiger partial charge in [-0.05, 0) is 30.3 Å². The van der Waals surface area contributed by atoms with Crippen molar-refractivity contribution in [2.75, 3.05) is 7.11 Å². The number of carbonyl (C=O) groups is 1. The normalized spacial score (nSPS) is 15.8. The lowest BCUT2D eigenvalue weighted by Crippen LogP contribution is -2.25. The smallest absolute Gasteiger partial charge is 0.259 e. The Morgan fingerprint density at radius 2 is 2.03 bits per heavy atom. The van der Waals surface area contributed by atoms with Gasteiger partial charge in [-0.25, -0.2) is 0 Å². The van der Waals surface area contributed by atoms with E-state index in [1.807, 2.05) is 24.3 Å². The van der Waals surface area contributed by atoms with Crippen LogP contribution in [0.5, 0.6) is 5.75 Å². The number of aromatic amines is 1. The highest BCUT2D eigenvalue weighted by Gasteiger charge is 2.35. The van der Waals surface area contributed by atoms with E-state index in [4.69, 9.17) is 32.7 Å². The molecule has 1 aliphatic heterocycles. The van der Waals surface area contributed by atoms with Gasteiger partial charge in [0.1, 0.15) is 11.4 Å². The van der Waals surface area contributed by atoms with Gasteiger partial charge in [0.2, 0.25) is 12.1 Å². The van der Waals surface area contributed by atoms with E-state index in [9.17, 15) is 4.79 Å². The molecular weight excluding hydrogens is 415 g/mol. The average Bonchev–Trinajstić information content (AvgIpc) is 3.35. The molecule has 1 aromatic heterocycles. The van der Waals surface area contributed by atoms with Crippen LogP contribution < -0.4 is 4.74 Å². The van der Waals surface area contributed by atoms with Crippen molar-refractivity contribution in [3.05, 3.63) is 69.8 Å². The number of nitrogens with zero attached hydrogens (tertiary/aromatic N) is 3. The van der Waals surface area contributed by atoms with Gasteiger partial charge in [-0.15, -0.1) is 5.10 Å². The molecule has 0 spiro atoms. The minimum atomic E-state index is -0.796. The molecule has 9 heteroatoms. The molecule has 1 amide bonds. The Morgan fingerprint density at radius 1 is 1.21 bits per heavy atom. The molecule has 0 saturated heterocycles. The van der Waals surface area contributed by atoms with Gasteiger partial charge in [-0.3, -0.25) is 9.89 Å². The number of hydrazone groups is 1. The number of rotatable bonds is 4. The maximum atomic E-state index is 12.1. The summed E-state index contributed by atoms with van der Waals surface area (Å²) in [6.45, 7) is 1.40. The summed E-state index contributed by atoms with van der Waals surface area (Å²) in [5.41, 5.74) is 2.66. The van der Waals surface area contributed by atoms with E-state index in [0.717, 1.165) is 11.3 Å². The lowest BCUT2D eigenvalue weighted by molar-refractivity contribution is -0.135. The van der Waals surface area contributed by atoms with Crippen molar-refractivity contribution < 1.29 is 14.3 Å². The number of hydrogen-bond acceptors (Lipinski definition) is 5. The first-order chi connectivity index (χ1) is 14.0. The summed E-state index contributed by atoms with van der Waals surface area (Å²) in [6, 6.07) is 14.3. The highest BCUT2D eigenvalue weighted by atomic mass is 35.5. The zero-order valence-corrected chi connectivity index (χ0v) is 17.0. The predicted octanol–water partition coefficient (Wildman–Crippen LogP) is 4.63. The summed E-state index contributed by atoms with van der Waals surface area (Å²) in [5.74, 6) is 0.670. The SMILES string of the molecule is COc1cccc(-c2cc(C3=NN(C(C)=O)[C@H](c4ccc(Cl)cc4Cl)O3)[nH]n2)c1. The van der Waals surface area contributed by atoms with Gasteiger partial charge in [0.15, 0.2) is 0 Å². The van der Waals surface area contributed by atoms with Crippen LogP contribution in [0.25, 0.3) is 11.3 Å². The standard InChI is InChI=1S/C20H16Cl2N4O3/c1-11(27)26-20(15-7-6-13(21)9-16(15)22)29-19(25-26)18-10-17(23-24-18)12-4-3-5-14(8-12)28-2/h3-10,20H,1-2H3,(H,23,24)/t20-/m0/s1. The molecule has 148 valence electrons. The van der Waals surface area contributed by atoms with Crippen LogP contribution in [-0.2, 0) is 9.53 Å². The number of nitrogens with one attached hydrogen (secondary N) is 1. The van der Waals surface area contributed by atoms with E-state index in [1.54, 1.807) is 31.4 Å². The molecule has 1 aliphatic rings. The van der Waals surface area contributed by atoms with Crippen LogP contribution in [0.4, 0.5) is 0 Å². The largest absolute Gasteiger partial charge is 0.497 e. The second-order valence-electron chi connectivity index (χ2n) is 6.30. The molecule has 0 saturated carbocycles. The molecule has 4 rings (SSSR count). The van der Waals surface area contributed by atoms with Crippen molar-refractivity contribution in [3.8, 4) is 17.0 Å². The summed E-state index contributed by atoms with van der Waals surface area (Å²) in [7, 11) is 1.61. The fourth-order valence-electron chi connectivity index (χ4n) is 2.94. The number of methoxy groups -OCH3 is 1. The fraction of sp³-hybridized carbons (Fsp3) is 0.150. The van der Waals surface area contributed by atoms with Crippen LogP contribution in [0.1, 0.15) is 24.4 Å². The molecule has 2 aromatic carbocycles. The molecule has 3 aromatic rings. The highest BCUT2D eigenvalue weighted by Crippen LogP contribution is 2.35. The van der Waals surface area contributed by atoms with E-state index in [0.29, 0.717) is 27.0 Å². The quantitative estimate of drug-likeness (QED) is 0.653. The summed E-state index contributed by atoms with van der Waals surface area (Å²) in [5, 5.41) is 13.6. The number of benzene rings is 2. The molecule has 1 atom stereocenters. The third-order valence-electron chi connectivity index (χ3n) is 4.37. The summed E-state index contributed by atoms with van der Waals surface area (Å²) >= 11 is 12.3. The van der Waals surface area contributed by atoms with Gasteiger partial charge in [-0.2, -0.15) is 10.1 Å². The van der Waals surface area contributed by atoms with Crippen LogP contribution in [0, 0.1) is 0 Å². The topological polar surface area (TPSA) is 79.8 Å². The second kappa shape index (κ2) is 7.77. The zero-order valence-electron chi connectivity index (χ0n) is 15.5. The van der Waals surface area contributed by atoms with Gasteiger partial charge in [0, 0.05) is 23.1 Å². The monoisotopic (exact) mass is 430 g/mol. The maximum absolute atomic E-state index is 12.1.